The van der Waals surface area contributed by atoms with Gasteiger partial charge in [0, 0.05) is 24.0 Å². The molecule has 0 amide bonds. The Bertz CT molecular complexity index is 1100. The molecule has 6 heteroatoms. The second-order valence-electron chi connectivity index (χ2n) is 7.63. The number of hydrogen-bond acceptors (Lipinski definition) is 5. The lowest BCUT2D eigenvalue weighted by Crippen LogP contribution is -2.28. The largest absolute Gasteiger partial charge is 0.493 e. The summed E-state index contributed by atoms with van der Waals surface area (Å²) in [6, 6.07) is 11.4. The molecule has 0 N–H and O–H groups in total. The first kappa shape index (κ1) is 18.2. The van der Waals surface area contributed by atoms with E-state index in [4.69, 9.17) is 9.47 Å². The van der Waals surface area contributed by atoms with E-state index in [1.165, 1.54) is 0 Å². The van der Waals surface area contributed by atoms with Crippen molar-refractivity contribution in [1.29, 1.82) is 0 Å². The molecule has 5 nitrogen and oxygen atoms in total. The quantitative estimate of drug-likeness (QED) is 0.715. The standard InChI is InChI=1S/C23H20O5S/c24-23-19(11-15-1-3-21-17(9-15)5-7-27-21)13-29(25,26)14-20(23)12-16-2-4-22-18(10-16)6-8-28-22/h1-4,9-12H,5-8,13-14H2/b19-11+,20-12+. The third kappa shape index (κ3) is 3.60. The number of Topliss-reactive ketones (excluding diaryl/α,β-unsaturated/α-hetero) is 1. The Balaban J connectivity index is 1.50. The van der Waals surface area contributed by atoms with Crippen LogP contribution in [0.15, 0.2) is 47.5 Å². The summed E-state index contributed by atoms with van der Waals surface area (Å²) < 4.78 is 36.0. The van der Waals surface area contributed by atoms with Crippen molar-refractivity contribution >= 4 is 27.8 Å². The summed E-state index contributed by atoms with van der Waals surface area (Å²) in [5, 5.41) is 0. The van der Waals surface area contributed by atoms with Crippen LogP contribution in [-0.2, 0) is 27.5 Å². The number of carbonyl (C=O) groups is 1. The molecule has 0 spiro atoms. The van der Waals surface area contributed by atoms with Crippen molar-refractivity contribution in [1.82, 2.24) is 0 Å². The van der Waals surface area contributed by atoms with Crippen LogP contribution in [0, 0.1) is 0 Å². The predicted molar refractivity (Wildman–Crippen MR) is 111 cm³/mol. The number of carbonyl (C=O) groups excluding carboxylic acids is 1. The van der Waals surface area contributed by atoms with Crippen molar-refractivity contribution in [2.24, 2.45) is 0 Å². The van der Waals surface area contributed by atoms with Gasteiger partial charge in [-0.15, -0.1) is 0 Å². The lowest BCUT2D eigenvalue weighted by molar-refractivity contribution is -0.112. The Kier molecular flexibility index (Phi) is 4.32. The Labute approximate surface area is 169 Å². The Hall–Kier alpha value is -2.86. The fourth-order valence-electron chi connectivity index (χ4n) is 4.07. The number of sulfone groups is 1. The highest BCUT2D eigenvalue weighted by Gasteiger charge is 2.31. The van der Waals surface area contributed by atoms with Gasteiger partial charge in [-0.05, 0) is 58.7 Å². The van der Waals surface area contributed by atoms with Gasteiger partial charge in [0.05, 0.1) is 24.7 Å². The maximum absolute atomic E-state index is 13.0. The van der Waals surface area contributed by atoms with Crippen LogP contribution < -0.4 is 9.47 Å². The van der Waals surface area contributed by atoms with Crippen LogP contribution in [0.5, 0.6) is 11.5 Å². The van der Waals surface area contributed by atoms with Crippen LogP contribution in [0.25, 0.3) is 12.2 Å². The van der Waals surface area contributed by atoms with Gasteiger partial charge in [-0.2, -0.15) is 0 Å². The first-order valence-electron chi connectivity index (χ1n) is 9.65. The van der Waals surface area contributed by atoms with E-state index in [-0.39, 0.29) is 17.3 Å². The zero-order valence-corrected chi connectivity index (χ0v) is 16.6. The minimum atomic E-state index is -3.38. The van der Waals surface area contributed by atoms with Gasteiger partial charge < -0.3 is 9.47 Å². The summed E-state index contributed by atoms with van der Waals surface area (Å²) in [4.78, 5) is 13.0. The molecule has 1 fully saturated rings. The average Bonchev–Trinajstić information content (AvgIpc) is 3.33. The molecular formula is C23H20O5S. The number of hydrogen-bond donors (Lipinski definition) is 0. The van der Waals surface area contributed by atoms with E-state index < -0.39 is 9.84 Å². The molecule has 3 aliphatic rings. The van der Waals surface area contributed by atoms with Crippen molar-refractivity contribution in [2.45, 2.75) is 12.8 Å². The van der Waals surface area contributed by atoms with Crippen molar-refractivity contribution in [2.75, 3.05) is 24.7 Å². The molecule has 3 heterocycles. The topological polar surface area (TPSA) is 69.7 Å². The predicted octanol–water partition coefficient (Wildman–Crippen LogP) is 3.02. The first-order valence-corrected chi connectivity index (χ1v) is 11.5. The smallest absolute Gasteiger partial charge is 0.187 e. The van der Waals surface area contributed by atoms with Gasteiger partial charge in [0.1, 0.15) is 11.5 Å². The number of rotatable bonds is 2. The molecule has 3 aliphatic heterocycles. The minimum absolute atomic E-state index is 0.201. The second kappa shape index (κ2) is 6.88. The number of fused-ring (bicyclic) bond motifs is 2. The molecule has 1 saturated heterocycles. The summed E-state index contributed by atoms with van der Waals surface area (Å²) in [6.07, 6.45) is 5.04. The Morgan fingerprint density at radius 1 is 0.759 bits per heavy atom. The van der Waals surface area contributed by atoms with E-state index >= 15 is 0 Å². The molecule has 0 saturated carbocycles. The van der Waals surface area contributed by atoms with Crippen LogP contribution in [0.2, 0.25) is 0 Å². The highest BCUT2D eigenvalue weighted by molar-refractivity contribution is 7.92. The van der Waals surface area contributed by atoms with Gasteiger partial charge in [0.15, 0.2) is 15.6 Å². The van der Waals surface area contributed by atoms with E-state index in [0.717, 1.165) is 46.6 Å². The molecule has 0 aliphatic carbocycles. The van der Waals surface area contributed by atoms with Gasteiger partial charge in [-0.1, -0.05) is 12.1 Å². The summed E-state index contributed by atoms with van der Waals surface area (Å²) in [7, 11) is -3.38. The summed E-state index contributed by atoms with van der Waals surface area (Å²) in [5.41, 5.74) is 4.44. The van der Waals surface area contributed by atoms with E-state index in [1.807, 2.05) is 36.4 Å². The monoisotopic (exact) mass is 408 g/mol. The zero-order valence-electron chi connectivity index (χ0n) is 15.8. The van der Waals surface area contributed by atoms with Crippen molar-refractivity contribution in [3.8, 4) is 11.5 Å². The number of benzene rings is 2. The molecule has 148 valence electrons. The second-order valence-corrected chi connectivity index (χ2v) is 9.70. The van der Waals surface area contributed by atoms with Crippen LogP contribution in [0.3, 0.4) is 0 Å². The van der Waals surface area contributed by atoms with E-state index in [9.17, 15) is 13.2 Å². The summed E-state index contributed by atoms with van der Waals surface area (Å²) in [6.45, 7) is 1.31. The van der Waals surface area contributed by atoms with Crippen molar-refractivity contribution in [3.63, 3.8) is 0 Å². The molecule has 2 aromatic carbocycles. The Morgan fingerprint density at radius 3 is 1.72 bits per heavy atom. The maximum Gasteiger partial charge on any atom is 0.187 e. The van der Waals surface area contributed by atoms with Crippen LogP contribution in [-0.4, -0.2) is 38.9 Å². The fraction of sp³-hybridized carbons (Fsp3) is 0.261. The zero-order chi connectivity index (χ0) is 20.0. The van der Waals surface area contributed by atoms with Crippen LogP contribution >= 0.6 is 0 Å². The molecule has 2 aromatic rings. The third-order valence-corrected chi connectivity index (χ3v) is 6.94. The lowest BCUT2D eigenvalue weighted by atomic mass is 9.99. The summed E-state index contributed by atoms with van der Waals surface area (Å²) >= 11 is 0. The fourth-order valence-corrected chi connectivity index (χ4v) is 5.55. The number of ketones is 1. The van der Waals surface area contributed by atoms with Crippen LogP contribution in [0.1, 0.15) is 22.3 Å². The van der Waals surface area contributed by atoms with E-state index in [2.05, 4.69) is 0 Å². The number of ether oxygens (including phenoxy) is 2. The summed E-state index contributed by atoms with van der Waals surface area (Å²) in [5.74, 6) is 1.06. The lowest BCUT2D eigenvalue weighted by Gasteiger charge is -2.17. The molecule has 29 heavy (non-hydrogen) atoms. The average molecular weight is 408 g/mol. The highest BCUT2D eigenvalue weighted by atomic mass is 32.2. The molecule has 0 unspecified atom stereocenters. The first-order chi connectivity index (χ1) is 14.0. The minimum Gasteiger partial charge on any atom is -0.493 e. The third-order valence-electron chi connectivity index (χ3n) is 5.44. The SMILES string of the molecule is O=C1/C(=C/c2ccc3c(c2)CCO3)CS(=O)(=O)C/C1=C\c1ccc2c(c1)CCO2. The van der Waals surface area contributed by atoms with Gasteiger partial charge in [0.25, 0.3) is 0 Å². The molecule has 0 aromatic heterocycles. The van der Waals surface area contributed by atoms with Gasteiger partial charge in [-0.3, -0.25) is 4.79 Å². The molecule has 0 atom stereocenters. The Morgan fingerprint density at radius 2 is 1.24 bits per heavy atom. The molecular weight excluding hydrogens is 388 g/mol. The van der Waals surface area contributed by atoms with Gasteiger partial charge in [0.2, 0.25) is 0 Å². The van der Waals surface area contributed by atoms with Crippen molar-refractivity contribution < 1.29 is 22.7 Å². The van der Waals surface area contributed by atoms with Gasteiger partial charge in [-0.25, -0.2) is 8.42 Å². The van der Waals surface area contributed by atoms with Crippen molar-refractivity contribution in [3.05, 3.63) is 69.8 Å². The highest BCUT2D eigenvalue weighted by Crippen LogP contribution is 2.30. The molecule has 5 rings (SSSR count). The maximum atomic E-state index is 13.0. The van der Waals surface area contributed by atoms with E-state index in [0.29, 0.717) is 24.4 Å². The van der Waals surface area contributed by atoms with Crippen LogP contribution in [0.4, 0.5) is 0 Å². The molecule has 0 radical (unpaired) electrons. The van der Waals surface area contributed by atoms with Gasteiger partial charge >= 0.3 is 0 Å². The normalized spacial score (nSPS) is 22.3. The van der Waals surface area contributed by atoms with E-state index in [1.54, 1.807) is 12.2 Å². The molecule has 0 bridgehead atoms.